The van der Waals surface area contributed by atoms with E-state index >= 15 is 0 Å². The zero-order valence-corrected chi connectivity index (χ0v) is 22.8. The molecule has 196 valence electrons. The van der Waals surface area contributed by atoms with E-state index in [1.165, 1.54) is 17.0 Å². The van der Waals surface area contributed by atoms with Gasteiger partial charge in [-0.25, -0.2) is 8.42 Å². The number of sulfonamides is 1. The molecule has 3 rings (SSSR count). The fourth-order valence-corrected chi connectivity index (χ4v) is 5.58. The zero-order valence-electron chi connectivity index (χ0n) is 21.2. The van der Waals surface area contributed by atoms with Crippen molar-refractivity contribution in [1.29, 1.82) is 0 Å². The number of aryl methyl sites for hydroxylation is 1. The smallest absolute Gasteiger partial charge is 0.264 e. The van der Waals surface area contributed by atoms with Crippen molar-refractivity contribution in [2.45, 2.75) is 44.7 Å². The van der Waals surface area contributed by atoms with Gasteiger partial charge in [0.05, 0.1) is 10.6 Å². The molecule has 0 aliphatic heterocycles. The van der Waals surface area contributed by atoms with Crippen molar-refractivity contribution in [3.8, 4) is 0 Å². The van der Waals surface area contributed by atoms with Crippen LogP contribution in [0.15, 0.2) is 83.8 Å². The third-order valence-corrected chi connectivity index (χ3v) is 8.06. The third-order valence-electron chi connectivity index (χ3n) is 6.04. The van der Waals surface area contributed by atoms with Gasteiger partial charge in [-0.15, -0.1) is 0 Å². The third kappa shape index (κ3) is 6.90. The first-order valence-electron chi connectivity index (χ1n) is 12.2. The van der Waals surface area contributed by atoms with Gasteiger partial charge in [-0.1, -0.05) is 67.1 Å². The maximum Gasteiger partial charge on any atom is 0.264 e. The second kappa shape index (κ2) is 12.7. The SMILES string of the molecule is CCNC(=O)[C@H](C)N(Cc1ccc(Cl)cc1)C(=O)CN(c1ccccc1CC)S(=O)(=O)c1ccccc1. The van der Waals surface area contributed by atoms with E-state index in [0.29, 0.717) is 23.7 Å². The maximum atomic E-state index is 13.8. The predicted octanol–water partition coefficient (Wildman–Crippen LogP) is 4.65. The van der Waals surface area contributed by atoms with E-state index in [1.807, 2.05) is 19.1 Å². The average Bonchev–Trinajstić information content (AvgIpc) is 2.91. The van der Waals surface area contributed by atoms with Crippen LogP contribution in [-0.2, 0) is 32.6 Å². The van der Waals surface area contributed by atoms with Gasteiger partial charge in [-0.3, -0.25) is 13.9 Å². The highest BCUT2D eigenvalue weighted by Crippen LogP contribution is 2.28. The van der Waals surface area contributed by atoms with Crippen LogP contribution in [0.2, 0.25) is 5.02 Å². The van der Waals surface area contributed by atoms with E-state index in [4.69, 9.17) is 11.6 Å². The summed E-state index contributed by atoms with van der Waals surface area (Å²) in [6, 6.07) is 21.3. The van der Waals surface area contributed by atoms with E-state index in [-0.39, 0.29) is 17.3 Å². The molecule has 1 N–H and O–H groups in total. The van der Waals surface area contributed by atoms with Gasteiger partial charge in [0.2, 0.25) is 11.8 Å². The van der Waals surface area contributed by atoms with Gasteiger partial charge in [0.25, 0.3) is 10.0 Å². The lowest BCUT2D eigenvalue weighted by molar-refractivity contribution is -0.139. The Morgan fingerprint density at radius 1 is 0.919 bits per heavy atom. The molecular weight excluding hydrogens is 510 g/mol. The van der Waals surface area contributed by atoms with E-state index < -0.39 is 28.5 Å². The quantitative estimate of drug-likeness (QED) is 0.383. The summed E-state index contributed by atoms with van der Waals surface area (Å²) in [5.41, 5.74) is 1.98. The largest absolute Gasteiger partial charge is 0.355 e. The second-order valence-corrected chi connectivity index (χ2v) is 10.8. The van der Waals surface area contributed by atoms with Crippen LogP contribution in [0.4, 0.5) is 5.69 Å². The minimum absolute atomic E-state index is 0.0785. The van der Waals surface area contributed by atoms with E-state index in [9.17, 15) is 18.0 Å². The Hall–Kier alpha value is -3.36. The summed E-state index contributed by atoms with van der Waals surface area (Å²) in [7, 11) is -4.08. The molecule has 0 bridgehead atoms. The number of hydrogen-bond donors (Lipinski definition) is 1. The molecule has 0 unspecified atom stereocenters. The molecule has 7 nitrogen and oxygen atoms in total. The minimum Gasteiger partial charge on any atom is -0.355 e. The fourth-order valence-electron chi connectivity index (χ4n) is 3.98. The van der Waals surface area contributed by atoms with Crippen LogP contribution in [0.3, 0.4) is 0 Å². The first-order chi connectivity index (χ1) is 17.7. The van der Waals surface area contributed by atoms with Crippen molar-refractivity contribution in [2.75, 3.05) is 17.4 Å². The number of likely N-dealkylation sites (N-methyl/N-ethyl adjacent to an activating group) is 1. The molecule has 9 heteroatoms. The van der Waals surface area contributed by atoms with Gasteiger partial charge < -0.3 is 10.2 Å². The summed E-state index contributed by atoms with van der Waals surface area (Å²) in [6.45, 7) is 5.41. The number of hydrogen-bond acceptors (Lipinski definition) is 4. The molecule has 0 aliphatic carbocycles. The topological polar surface area (TPSA) is 86.8 Å². The molecule has 0 aromatic heterocycles. The maximum absolute atomic E-state index is 13.8. The number of benzene rings is 3. The fraction of sp³-hybridized carbons (Fsp3) is 0.286. The number of anilines is 1. The zero-order chi connectivity index (χ0) is 27.0. The van der Waals surface area contributed by atoms with Gasteiger partial charge in [-0.05, 0) is 61.7 Å². The van der Waals surface area contributed by atoms with Crippen LogP contribution in [0.5, 0.6) is 0 Å². The number of carbonyl (C=O) groups is 2. The lowest BCUT2D eigenvalue weighted by atomic mass is 10.1. The first-order valence-corrected chi connectivity index (χ1v) is 14.0. The van der Waals surface area contributed by atoms with Crippen molar-refractivity contribution in [3.05, 3.63) is 95.0 Å². The molecule has 0 heterocycles. The molecule has 0 spiro atoms. The molecule has 37 heavy (non-hydrogen) atoms. The molecular formula is C28H32ClN3O4S. The van der Waals surface area contributed by atoms with Crippen molar-refractivity contribution in [3.63, 3.8) is 0 Å². The van der Waals surface area contributed by atoms with Crippen molar-refractivity contribution >= 4 is 39.1 Å². The van der Waals surface area contributed by atoms with Crippen LogP contribution in [0.1, 0.15) is 31.9 Å². The molecule has 0 fully saturated rings. The van der Waals surface area contributed by atoms with Crippen LogP contribution in [0, 0.1) is 0 Å². The standard InChI is InChI=1S/C28H32ClN3O4S/c1-4-23-11-9-10-14-26(23)32(37(35,36)25-12-7-6-8-13-25)20-27(33)31(21(3)28(34)30-5-2)19-22-15-17-24(29)18-16-22/h6-18,21H,4-5,19-20H2,1-3H3,(H,30,34)/t21-/m0/s1. The number of para-hydroxylation sites is 1. The Kier molecular flexibility index (Phi) is 9.72. The van der Waals surface area contributed by atoms with E-state index in [2.05, 4.69) is 5.32 Å². The molecule has 3 aromatic rings. The number of nitrogens with one attached hydrogen (secondary N) is 1. The van der Waals surface area contributed by atoms with Crippen LogP contribution in [-0.4, -0.2) is 44.3 Å². The van der Waals surface area contributed by atoms with Crippen LogP contribution in [0.25, 0.3) is 0 Å². The number of amides is 2. The Labute approximate surface area is 224 Å². The van der Waals surface area contributed by atoms with E-state index in [1.54, 1.807) is 68.4 Å². The molecule has 2 amide bonds. The number of nitrogens with zero attached hydrogens (tertiary/aromatic N) is 2. The number of rotatable bonds is 11. The molecule has 0 aliphatic rings. The monoisotopic (exact) mass is 541 g/mol. The summed E-state index contributed by atoms with van der Waals surface area (Å²) in [5, 5.41) is 3.30. The number of halogens is 1. The summed E-state index contributed by atoms with van der Waals surface area (Å²) in [4.78, 5) is 28.1. The molecule has 1 atom stereocenters. The van der Waals surface area contributed by atoms with Gasteiger partial charge >= 0.3 is 0 Å². The van der Waals surface area contributed by atoms with Gasteiger partial charge in [0, 0.05) is 18.1 Å². The molecule has 0 radical (unpaired) electrons. The lowest BCUT2D eigenvalue weighted by Crippen LogP contribution is -2.51. The van der Waals surface area contributed by atoms with Gasteiger partial charge in [0.1, 0.15) is 12.6 Å². The Morgan fingerprint density at radius 2 is 1.54 bits per heavy atom. The summed E-state index contributed by atoms with van der Waals surface area (Å²) in [5.74, 6) is -0.824. The highest BCUT2D eigenvalue weighted by atomic mass is 35.5. The highest BCUT2D eigenvalue weighted by molar-refractivity contribution is 7.92. The Morgan fingerprint density at radius 3 is 2.16 bits per heavy atom. The Bertz CT molecular complexity index is 1310. The summed E-state index contributed by atoms with van der Waals surface area (Å²) >= 11 is 6.02. The Balaban J connectivity index is 2.05. The van der Waals surface area contributed by atoms with Gasteiger partial charge in [-0.2, -0.15) is 0 Å². The first kappa shape index (κ1) is 28.2. The second-order valence-electron chi connectivity index (χ2n) is 8.53. The van der Waals surface area contributed by atoms with Crippen LogP contribution < -0.4 is 9.62 Å². The van der Waals surface area contributed by atoms with Crippen molar-refractivity contribution in [2.24, 2.45) is 0 Å². The normalized spacial score (nSPS) is 12.0. The summed E-state index contributed by atoms with van der Waals surface area (Å²) in [6.07, 6.45) is 0.578. The predicted molar refractivity (Wildman–Crippen MR) is 147 cm³/mol. The van der Waals surface area contributed by atoms with E-state index in [0.717, 1.165) is 15.4 Å². The minimum atomic E-state index is -4.08. The lowest BCUT2D eigenvalue weighted by Gasteiger charge is -2.32. The van der Waals surface area contributed by atoms with Crippen molar-refractivity contribution in [1.82, 2.24) is 10.2 Å². The van der Waals surface area contributed by atoms with Crippen molar-refractivity contribution < 1.29 is 18.0 Å². The van der Waals surface area contributed by atoms with Crippen LogP contribution >= 0.6 is 11.6 Å². The van der Waals surface area contributed by atoms with Gasteiger partial charge in [0.15, 0.2) is 0 Å². The highest BCUT2D eigenvalue weighted by Gasteiger charge is 2.33. The molecule has 0 saturated carbocycles. The molecule has 0 saturated heterocycles. The summed E-state index contributed by atoms with van der Waals surface area (Å²) < 4.78 is 28.8. The number of carbonyl (C=O) groups excluding carboxylic acids is 2. The molecule has 3 aromatic carbocycles. The average molecular weight is 542 g/mol.